The minimum atomic E-state index is 1.01. The van der Waals surface area contributed by atoms with Crippen LogP contribution in [0.2, 0.25) is 0 Å². The van der Waals surface area contributed by atoms with Gasteiger partial charge in [0.15, 0.2) is 0 Å². The molecule has 0 radical (unpaired) electrons. The second-order valence-electron chi connectivity index (χ2n) is 16.0. The molecule has 0 aromatic heterocycles. The quantitative estimate of drug-likeness (QED) is 0.0937. The van der Waals surface area contributed by atoms with Gasteiger partial charge in [0.25, 0.3) is 0 Å². The van der Waals surface area contributed by atoms with Gasteiger partial charge in [0.1, 0.15) is 0 Å². The molecular weight excluding hydrogens is 711 g/mol. The lowest BCUT2D eigenvalue weighted by Crippen LogP contribution is -2.09. The van der Waals surface area contributed by atoms with E-state index in [1.165, 1.54) is 88.0 Å². The van der Waals surface area contributed by atoms with Crippen molar-refractivity contribution in [1.29, 1.82) is 0 Å². The van der Waals surface area contributed by atoms with Crippen molar-refractivity contribution in [2.75, 3.05) is 4.90 Å². The van der Waals surface area contributed by atoms with E-state index in [1.807, 2.05) is 0 Å². The SMILES string of the molecule is CCCC(=C(CCC)c1ccc2c(-c3ccccc3)c3ccccc3c(-c3ccccc3)c2c1)c1ccc2cc(N(c3ccc(C)cc3)c3ccc(C)cc3)ccc2c1. The highest BCUT2D eigenvalue weighted by molar-refractivity contribution is 6.22. The molecule has 0 amide bonds. The minimum Gasteiger partial charge on any atom is -0.310 e. The fourth-order valence-electron chi connectivity index (χ4n) is 9.03. The highest BCUT2D eigenvalue weighted by atomic mass is 15.1. The molecule has 0 atom stereocenters. The van der Waals surface area contributed by atoms with Crippen molar-refractivity contribution < 1.29 is 0 Å². The zero-order valence-electron chi connectivity index (χ0n) is 34.7. The van der Waals surface area contributed by atoms with E-state index in [0.29, 0.717) is 0 Å². The first-order chi connectivity index (χ1) is 29.0. The van der Waals surface area contributed by atoms with Crippen LogP contribution < -0.4 is 4.90 Å². The molecule has 0 unspecified atom stereocenters. The van der Waals surface area contributed by atoms with Gasteiger partial charge in [-0.25, -0.2) is 0 Å². The maximum absolute atomic E-state index is 2.51. The van der Waals surface area contributed by atoms with Crippen LogP contribution in [0.5, 0.6) is 0 Å². The molecule has 9 aromatic rings. The van der Waals surface area contributed by atoms with E-state index in [-0.39, 0.29) is 0 Å². The van der Waals surface area contributed by atoms with Crippen molar-refractivity contribution in [3.8, 4) is 22.3 Å². The van der Waals surface area contributed by atoms with E-state index < -0.39 is 0 Å². The van der Waals surface area contributed by atoms with E-state index in [2.05, 4.69) is 221 Å². The highest BCUT2D eigenvalue weighted by Gasteiger charge is 2.20. The molecule has 0 bridgehead atoms. The summed E-state index contributed by atoms with van der Waals surface area (Å²) in [7, 11) is 0. The van der Waals surface area contributed by atoms with Crippen LogP contribution in [0.4, 0.5) is 17.1 Å². The summed E-state index contributed by atoms with van der Waals surface area (Å²) in [5.74, 6) is 0. The standard InChI is InChI=1S/C58H51N/c1-5-15-51(46-28-27-45-38-50(35-29-44(45)37-46)59(48-31-23-40(3)24-32-48)49-33-25-41(4)26-34-49)52(16-6-2)47-30-36-55-56(39-47)58(43-19-11-8-12-20-43)54-22-14-13-21-53(54)57(55)42-17-9-7-10-18-42/h7-14,17-39H,5-6,15-16H2,1-4H3. The summed E-state index contributed by atoms with van der Waals surface area (Å²) in [6.45, 7) is 8.92. The Morgan fingerprint density at radius 3 is 1.34 bits per heavy atom. The summed E-state index contributed by atoms with van der Waals surface area (Å²) in [4.78, 5) is 2.36. The van der Waals surface area contributed by atoms with Crippen LogP contribution in [0.3, 0.4) is 0 Å². The van der Waals surface area contributed by atoms with E-state index in [9.17, 15) is 0 Å². The van der Waals surface area contributed by atoms with E-state index >= 15 is 0 Å². The van der Waals surface area contributed by atoms with Crippen LogP contribution in [0.25, 0.3) is 65.7 Å². The molecule has 0 N–H and O–H groups in total. The predicted molar refractivity (Wildman–Crippen MR) is 257 cm³/mol. The molecule has 0 fully saturated rings. The van der Waals surface area contributed by atoms with Gasteiger partial charge in [0.05, 0.1) is 0 Å². The van der Waals surface area contributed by atoms with Crippen LogP contribution in [0.15, 0.2) is 188 Å². The van der Waals surface area contributed by atoms with E-state index in [4.69, 9.17) is 0 Å². The maximum Gasteiger partial charge on any atom is 0.0468 e. The average Bonchev–Trinajstić information content (AvgIpc) is 3.28. The number of anilines is 3. The Kier molecular flexibility index (Phi) is 10.7. The summed E-state index contributed by atoms with van der Waals surface area (Å²) in [5.41, 5.74) is 16.6. The van der Waals surface area contributed by atoms with Crippen LogP contribution in [-0.4, -0.2) is 0 Å². The fraction of sp³-hybridized carbons (Fsp3) is 0.138. The summed E-state index contributed by atoms with van der Waals surface area (Å²) in [6.07, 6.45) is 4.18. The summed E-state index contributed by atoms with van der Waals surface area (Å²) >= 11 is 0. The van der Waals surface area contributed by atoms with Crippen LogP contribution in [-0.2, 0) is 0 Å². The molecule has 9 aromatic carbocycles. The van der Waals surface area contributed by atoms with Gasteiger partial charge in [-0.3, -0.25) is 0 Å². The largest absolute Gasteiger partial charge is 0.310 e. The van der Waals surface area contributed by atoms with Crippen LogP contribution >= 0.6 is 0 Å². The first kappa shape index (κ1) is 37.9. The zero-order chi connectivity index (χ0) is 40.3. The zero-order valence-corrected chi connectivity index (χ0v) is 34.7. The third-order valence-corrected chi connectivity index (χ3v) is 11.9. The van der Waals surface area contributed by atoms with Gasteiger partial charge in [-0.1, -0.05) is 177 Å². The molecule has 0 saturated heterocycles. The predicted octanol–water partition coefficient (Wildman–Crippen LogP) is 17.1. The lowest BCUT2D eigenvalue weighted by Gasteiger charge is -2.26. The van der Waals surface area contributed by atoms with E-state index in [1.54, 1.807) is 0 Å². The first-order valence-corrected chi connectivity index (χ1v) is 21.3. The third kappa shape index (κ3) is 7.46. The Morgan fingerprint density at radius 2 is 0.797 bits per heavy atom. The minimum absolute atomic E-state index is 1.01. The Labute approximate surface area is 349 Å². The van der Waals surface area contributed by atoms with Crippen molar-refractivity contribution >= 4 is 60.5 Å². The average molecular weight is 762 g/mol. The Balaban J connectivity index is 1.21. The fourth-order valence-corrected chi connectivity index (χ4v) is 9.03. The van der Waals surface area contributed by atoms with Crippen LogP contribution in [0, 0.1) is 13.8 Å². The number of fused-ring (bicyclic) bond motifs is 3. The van der Waals surface area contributed by atoms with Crippen molar-refractivity contribution in [2.24, 2.45) is 0 Å². The molecule has 59 heavy (non-hydrogen) atoms. The number of hydrogen-bond donors (Lipinski definition) is 0. The first-order valence-electron chi connectivity index (χ1n) is 21.3. The van der Waals surface area contributed by atoms with Gasteiger partial charge < -0.3 is 4.90 Å². The number of benzene rings is 9. The molecule has 0 saturated carbocycles. The molecule has 0 aliphatic rings. The molecule has 1 heteroatoms. The molecule has 0 spiro atoms. The second kappa shape index (κ2) is 16.6. The van der Waals surface area contributed by atoms with Crippen molar-refractivity contribution in [3.63, 3.8) is 0 Å². The molecule has 0 aliphatic heterocycles. The van der Waals surface area contributed by atoms with E-state index in [0.717, 1.165) is 42.7 Å². The smallest absolute Gasteiger partial charge is 0.0468 e. The van der Waals surface area contributed by atoms with Gasteiger partial charge in [0, 0.05) is 17.1 Å². The Bertz CT molecular complexity index is 2890. The number of aryl methyl sites for hydroxylation is 2. The van der Waals surface area contributed by atoms with Gasteiger partial charge >= 0.3 is 0 Å². The summed E-state index contributed by atoms with van der Waals surface area (Å²) < 4.78 is 0. The van der Waals surface area contributed by atoms with Crippen LogP contribution in [0.1, 0.15) is 61.8 Å². The Morgan fingerprint density at radius 1 is 0.373 bits per heavy atom. The van der Waals surface area contributed by atoms with Gasteiger partial charge in [-0.2, -0.15) is 0 Å². The van der Waals surface area contributed by atoms with Crippen molar-refractivity contribution in [2.45, 2.75) is 53.4 Å². The van der Waals surface area contributed by atoms with Gasteiger partial charge in [-0.05, 0) is 152 Å². The monoisotopic (exact) mass is 761 g/mol. The molecule has 0 aliphatic carbocycles. The van der Waals surface area contributed by atoms with Crippen molar-refractivity contribution in [3.05, 3.63) is 210 Å². The summed E-state index contributed by atoms with van der Waals surface area (Å²) in [6, 6.07) is 69.9. The normalized spacial score (nSPS) is 11.9. The van der Waals surface area contributed by atoms with Gasteiger partial charge in [0.2, 0.25) is 0 Å². The maximum atomic E-state index is 2.51. The molecule has 1 nitrogen and oxygen atoms in total. The third-order valence-electron chi connectivity index (χ3n) is 11.9. The number of hydrogen-bond acceptors (Lipinski definition) is 1. The highest BCUT2D eigenvalue weighted by Crippen LogP contribution is 2.46. The molecule has 0 heterocycles. The lowest BCUT2D eigenvalue weighted by molar-refractivity contribution is 0.945. The number of rotatable bonds is 11. The lowest BCUT2D eigenvalue weighted by atomic mass is 9.83. The van der Waals surface area contributed by atoms with Crippen molar-refractivity contribution in [1.82, 2.24) is 0 Å². The Hall–Kier alpha value is -6.70. The second-order valence-corrected chi connectivity index (χ2v) is 16.0. The molecule has 9 rings (SSSR count). The van der Waals surface area contributed by atoms with Gasteiger partial charge in [-0.15, -0.1) is 0 Å². The molecule has 288 valence electrons. The topological polar surface area (TPSA) is 3.24 Å². The number of allylic oxidation sites excluding steroid dienone is 2. The summed E-state index contributed by atoms with van der Waals surface area (Å²) in [5, 5.41) is 7.66. The number of nitrogens with zero attached hydrogens (tertiary/aromatic N) is 1. The molecular formula is C58H51N.